The van der Waals surface area contributed by atoms with Gasteiger partial charge < -0.3 is 10.7 Å². The Bertz CT molecular complexity index is 704. The summed E-state index contributed by atoms with van der Waals surface area (Å²) in [7, 11) is 0. The number of aromatic nitrogens is 2. The van der Waals surface area contributed by atoms with Crippen molar-refractivity contribution in [1.82, 2.24) is 9.97 Å². The lowest BCUT2D eigenvalue weighted by Gasteiger charge is -2.08. The number of benzene rings is 2. The van der Waals surface area contributed by atoms with Gasteiger partial charge in [0.1, 0.15) is 11.6 Å². The number of nitrogens with one attached hydrogen (secondary N) is 1. The van der Waals surface area contributed by atoms with E-state index in [4.69, 9.17) is 5.73 Å². The van der Waals surface area contributed by atoms with Crippen LogP contribution in [-0.4, -0.2) is 9.97 Å². The average molecular weight is 281 g/mol. The highest BCUT2D eigenvalue weighted by atomic mass is 19.1. The molecule has 0 amide bonds. The molecular formula is C17H16FN3. The van der Waals surface area contributed by atoms with Crippen molar-refractivity contribution in [3.05, 3.63) is 78.0 Å². The van der Waals surface area contributed by atoms with Gasteiger partial charge in [-0.25, -0.2) is 9.37 Å². The summed E-state index contributed by atoms with van der Waals surface area (Å²) in [6.45, 7) is 0. The van der Waals surface area contributed by atoms with Crippen LogP contribution in [0.1, 0.15) is 17.4 Å². The Balaban J connectivity index is 1.76. The summed E-state index contributed by atoms with van der Waals surface area (Å²) in [5.41, 5.74) is 9.09. The number of hydrogen-bond donors (Lipinski definition) is 2. The maximum Gasteiger partial charge on any atom is 0.123 e. The number of nitrogens with zero attached hydrogens (tertiary/aromatic N) is 1. The second-order valence-corrected chi connectivity index (χ2v) is 4.99. The molecule has 0 bridgehead atoms. The van der Waals surface area contributed by atoms with Crippen LogP contribution in [0.25, 0.3) is 11.3 Å². The summed E-state index contributed by atoms with van der Waals surface area (Å²) in [6.07, 6.45) is 2.45. The topological polar surface area (TPSA) is 54.7 Å². The monoisotopic (exact) mass is 281 g/mol. The first-order chi connectivity index (χ1) is 10.2. The molecule has 0 spiro atoms. The first-order valence-corrected chi connectivity index (χ1v) is 6.83. The highest BCUT2D eigenvalue weighted by molar-refractivity contribution is 5.58. The van der Waals surface area contributed by atoms with Crippen LogP contribution in [0.4, 0.5) is 4.39 Å². The van der Waals surface area contributed by atoms with E-state index in [1.165, 1.54) is 17.7 Å². The van der Waals surface area contributed by atoms with Crippen molar-refractivity contribution in [3.8, 4) is 11.3 Å². The van der Waals surface area contributed by atoms with Crippen molar-refractivity contribution in [3.63, 3.8) is 0 Å². The van der Waals surface area contributed by atoms with Gasteiger partial charge in [0.2, 0.25) is 0 Å². The minimum absolute atomic E-state index is 0.193. The highest BCUT2D eigenvalue weighted by Gasteiger charge is 2.11. The maximum absolute atomic E-state index is 12.9. The molecule has 3 N–H and O–H groups in total. The van der Waals surface area contributed by atoms with Gasteiger partial charge in [-0.3, -0.25) is 0 Å². The normalized spacial score (nSPS) is 12.3. The summed E-state index contributed by atoms with van der Waals surface area (Å²) < 4.78 is 12.9. The third-order valence-corrected chi connectivity index (χ3v) is 3.40. The Hall–Kier alpha value is -2.46. The second kappa shape index (κ2) is 5.89. The molecule has 1 aromatic heterocycles. The molecule has 21 heavy (non-hydrogen) atoms. The Morgan fingerprint density at radius 3 is 2.48 bits per heavy atom. The molecule has 106 valence electrons. The number of rotatable bonds is 4. The van der Waals surface area contributed by atoms with E-state index in [0.29, 0.717) is 0 Å². The summed E-state index contributed by atoms with van der Waals surface area (Å²) in [6, 6.07) is 16.2. The zero-order valence-corrected chi connectivity index (χ0v) is 11.5. The van der Waals surface area contributed by atoms with E-state index in [0.717, 1.165) is 23.5 Å². The van der Waals surface area contributed by atoms with Gasteiger partial charge in [-0.05, 0) is 41.8 Å². The van der Waals surface area contributed by atoms with Crippen molar-refractivity contribution >= 4 is 0 Å². The van der Waals surface area contributed by atoms with Gasteiger partial charge in [-0.1, -0.05) is 30.3 Å². The first kappa shape index (κ1) is 13.5. The number of hydrogen-bond acceptors (Lipinski definition) is 2. The summed E-state index contributed by atoms with van der Waals surface area (Å²) in [5, 5.41) is 0. The lowest BCUT2D eigenvalue weighted by Crippen LogP contribution is -2.14. The van der Waals surface area contributed by atoms with Crippen molar-refractivity contribution in [2.75, 3.05) is 0 Å². The van der Waals surface area contributed by atoms with Crippen LogP contribution in [-0.2, 0) is 6.42 Å². The van der Waals surface area contributed by atoms with E-state index in [2.05, 4.69) is 9.97 Å². The molecule has 0 aliphatic heterocycles. The Labute approximate surface area is 122 Å². The number of H-pyrrole nitrogens is 1. The quantitative estimate of drug-likeness (QED) is 0.769. The molecule has 0 aliphatic rings. The van der Waals surface area contributed by atoms with E-state index in [-0.39, 0.29) is 11.9 Å². The highest BCUT2D eigenvalue weighted by Crippen LogP contribution is 2.20. The fourth-order valence-electron chi connectivity index (χ4n) is 2.27. The smallest absolute Gasteiger partial charge is 0.123 e. The van der Waals surface area contributed by atoms with E-state index in [9.17, 15) is 4.39 Å². The molecular weight excluding hydrogens is 265 g/mol. The van der Waals surface area contributed by atoms with E-state index >= 15 is 0 Å². The molecule has 3 rings (SSSR count). The molecule has 0 fully saturated rings. The molecule has 4 heteroatoms. The summed E-state index contributed by atoms with van der Waals surface area (Å²) in [4.78, 5) is 7.55. The largest absolute Gasteiger partial charge is 0.341 e. The van der Waals surface area contributed by atoms with Gasteiger partial charge in [0.25, 0.3) is 0 Å². The van der Waals surface area contributed by atoms with Crippen molar-refractivity contribution < 1.29 is 4.39 Å². The average Bonchev–Trinajstić information content (AvgIpc) is 2.99. The van der Waals surface area contributed by atoms with E-state index in [1.54, 1.807) is 18.3 Å². The third-order valence-electron chi connectivity index (χ3n) is 3.40. The summed E-state index contributed by atoms with van der Waals surface area (Å²) >= 11 is 0. The van der Waals surface area contributed by atoms with Gasteiger partial charge in [0.05, 0.1) is 17.9 Å². The molecule has 0 aliphatic carbocycles. The van der Waals surface area contributed by atoms with Gasteiger partial charge in [0, 0.05) is 0 Å². The molecule has 2 aromatic carbocycles. The van der Waals surface area contributed by atoms with Crippen LogP contribution in [0.3, 0.4) is 0 Å². The molecule has 0 unspecified atom stereocenters. The van der Waals surface area contributed by atoms with Crippen molar-refractivity contribution in [2.24, 2.45) is 5.73 Å². The molecule has 3 nitrogen and oxygen atoms in total. The molecule has 0 saturated carbocycles. The fraction of sp³-hybridized carbons (Fsp3) is 0.118. The zero-order valence-electron chi connectivity index (χ0n) is 11.5. The van der Waals surface area contributed by atoms with Crippen LogP contribution in [0.15, 0.2) is 60.8 Å². The van der Waals surface area contributed by atoms with Crippen LogP contribution in [0, 0.1) is 5.82 Å². The van der Waals surface area contributed by atoms with Gasteiger partial charge >= 0.3 is 0 Å². The molecule has 0 radical (unpaired) electrons. The van der Waals surface area contributed by atoms with Gasteiger partial charge in [0.15, 0.2) is 0 Å². The Morgan fingerprint density at radius 2 is 1.76 bits per heavy atom. The molecule has 0 saturated heterocycles. The van der Waals surface area contributed by atoms with E-state index in [1.807, 2.05) is 30.3 Å². The lowest BCUT2D eigenvalue weighted by atomic mass is 10.1. The van der Waals surface area contributed by atoms with Gasteiger partial charge in [-0.15, -0.1) is 0 Å². The first-order valence-electron chi connectivity index (χ1n) is 6.83. The van der Waals surface area contributed by atoms with E-state index < -0.39 is 0 Å². The number of imidazole rings is 1. The van der Waals surface area contributed by atoms with Crippen LogP contribution in [0.5, 0.6) is 0 Å². The predicted molar refractivity (Wildman–Crippen MR) is 81.1 cm³/mol. The minimum Gasteiger partial charge on any atom is -0.341 e. The zero-order chi connectivity index (χ0) is 14.7. The van der Waals surface area contributed by atoms with Crippen LogP contribution < -0.4 is 5.73 Å². The lowest BCUT2D eigenvalue weighted by molar-refractivity contribution is 0.628. The predicted octanol–water partition coefficient (Wildman–Crippen LogP) is 3.46. The maximum atomic E-state index is 12.9. The molecule has 1 atom stereocenters. The fourth-order valence-corrected chi connectivity index (χ4v) is 2.27. The number of halogens is 1. The number of nitrogens with two attached hydrogens (primary N) is 1. The van der Waals surface area contributed by atoms with Crippen LogP contribution in [0.2, 0.25) is 0 Å². The Kier molecular flexibility index (Phi) is 3.79. The minimum atomic E-state index is -0.251. The molecule has 1 heterocycles. The summed E-state index contributed by atoms with van der Waals surface area (Å²) in [5.74, 6) is 0.484. The number of aromatic amines is 1. The van der Waals surface area contributed by atoms with Gasteiger partial charge in [-0.2, -0.15) is 0 Å². The molecule has 3 aromatic rings. The third kappa shape index (κ3) is 3.17. The van der Waals surface area contributed by atoms with Crippen molar-refractivity contribution in [2.45, 2.75) is 12.5 Å². The standard InChI is InChI=1S/C17H16FN3/c18-14-8-6-13(7-9-14)16-11-20-17(21-16)15(19)10-12-4-2-1-3-5-12/h1-9,11,15H,10,19H2,(H,20,21)/t15-/m0/s1. The van der Waals surface area contributed by atoms with Crippen molar-refractivity contribution in [1.29, 1.82) is 0 Å². The Morgan fingerprint density at radius 1 is 1.05 bits per heavy atom. The SMILES string of the molecule is N[C@@H](Cc1ccccc1)c1ncc(-c2ccc(F)cc2)[nH]1. The second-order valence-electron chi connectivity index (χ2n) is 4.99. The van der Waals surface area contributed by atoms with Crippen LogP contribution >= 0.6 is 0 Å².